The molecule has 0 bridgehead atoms. The first-order valence-electron chi connectivity index (χ1n) is 5.84. The minimum atomic E-state index is -0.475. The Labute approximate surface area is 110 Å². The second-order valence-electron chi connectivity index (χ2n) is 4.44. The Bertz CT molecular complexity index is 689. The number of hydrogen-bond donors (Lipinski definition) is 3. The van der Waals surface area contributed by atoms with E-state index in [1.54, 1.807) is 19.1 Å². The number of anilines is 2. The van der Waals surface area contributed by atoms with E-state index < -0.39 is 5.91 Å². The Hall–Kier alpha value is -2.56. The van der Waals surface area contributed by atoms with Gasteiger partial charge in [0.15, 0.2) is 5.43 Å². The van der Waals surface area contributed by atoms with E-state index in [1.807, 2.05) is 13.0 Å². The Balaban J connectivity index is 2.28. The molecule has 5 nitrogen and oxygen atoms in total. The van der Waals surface area contributed by atoms with Gasteiger partial charge >= 0.3 is 0 Å². The van der Waals surface area contributed by atoms with E-state index in [4.69, 9.17) is 5.73 Å². The van der Waals surface area contributed by atoms with Crippen molar-refractivity contribution in [3.05, 3.63) is 57.5 Å². The van der Waals surface area contributed by atoms with Gasteiger partial charge in [-0.1, -0.05) is 6.07 Å². The molecule has 19 heavy (non-hydrogen) atoms. The first-order chi connectivity index (χ1) is 8.97. The molecule has 0 aliphatic heterocycles. The summed E-state index contributed by atoms with van der Waals surface area (Å²) in [6.07, 6.45) is 1.40. The highest BCUT2D eigenvalue weighted by Gasteiger charge is 2.11. The largest absolute Gasteiger partial charge is 0.397 e. The summed E-state index contributed by atoms with van der Waals surface area (Å²) in [7, 11) is 0. The van der Waals surface area contributed by atoms with Crippen LogP contribution in [0.25, 0.3) is 0 Å². The Morgan fingerprint density at radius 1 is 1.26 bits per heavy atom. The number of nitrogens with two attached hydrogens (primary N) is 1. The summed E-state index contributed by atoms with van der Waals surface area (Å²) in [4.78, 5) is 26.5. The average molecular weight is 257 g/mol. The van der Waals surface area contributed by atoms with Crippen LogP contribution in [0.2, 0.25) is 0 Å². The van der Waals surface area contributed by atoms with E-state index in [0.29, 0.717) is 17.1 Å². The molecule has 0 spiro atoms. The number of aromatic amines is 1. The molecule has 1 heterocycles. The van der Waals surface area contributed by atoms with Crippen LogP contribution in [0.5, 0.6) is 0 Å². The normalized spacial score (nSPS) is 10.2. The van der Waals surface area contributed by atoms with E-state index in [1.165, 1.54) is 12.3 Å². The number of amides is 1. The second kappa shape index (κ2) is 4.97. The maximum absolute atomic E-state index is 12.0. The van der Waals surface area contributed by atoms with Gasteiger partial charge in [0, 0.05) is 18.0 Å². The molecule has 0 unspecified atom stereocenters. The Kier molecular flexibility index (Phi) is 3.37. The first kappa shape index (κ1) is 12.9. The molecule has 0 atom stereocenters. The fourth-order valence-corrected chi connectivity index (χ4v) is 1.74. The minimum Gasteiger partial charge on any atom is -0.397 e. The summed E-state index contributed by atoms with van der Waals surface area (Å²) in [5.74, 6) is -0.475. The molecule has 1 amide bonds. The van der Waals surface area contributed by atoms with E-state index in [-0.39, 0.29) is 11.0 Å². The predicted octanol–water partition coefficient (Wildman–Crippen LogP) is 1.83. The van der Waals surface area contributed by atoms with Gasteiger partial charge in [-0.05, 0) is 31.5 Å². The molecular formula is C14H15N3O2. The summed E-state index contributed by atoms with van der Waals surface area (Å²) in [5.41, 5.74) is 8.22. The molecule has 5 heteroatoms. The van der Waals surface area contributed by atoms with Crippen LogP contribution < -0.4 is 16.5 Å². The van der Waals surface area contributed by atoms with Gasteiger partial charge < -0.3 is 16.0 Å². The highest BCUT2D eigenvalue weighted by molar-refractivity contribution is 6.05. The van der Waals surface area contributed by atoms with E-state index in [0.717, 1.165) is 5.56 Å². The predicted molar refractivity (Wildman–Crippen MR) is 75.3 cm³/mol. The van der Waals surface area contributed by atoms with Crippen molar-refractivity contribution in [1.82, 2.24) is 4.98 Å². The summed E-state index contributed by atoms with van der Waals surface area (Å²) >= 11 is 0. The molecule has 98 valence electrons. The maximum atomic E-state index is 12.0. The van der Waals surface area contributed by atoms with Gasteiger partial charge in [0.25, 0.3) is 5.91 Å². The van der Waals surface area contributed by atoms with Crippen molar-refractivity contribution in [2.75, 3.05) is 11.1 Å². The smallest absolute Gasteiger partial charge is 0.261 e. The fourth-order valence-electron chi connectivity index (χ4n) is 1.74. The van der Waals surface area contributed by atoms with Gasteiger partial charge in [-0.2, -0.15) is 0 Å². The van der Waals surface area contributed by atoms with Crippen LogP contribution >= 0.6 is 0 Å². The van der Waals surface area contributed by atoms with Crippen molar-refractivity contribution in [3.63, 3.8) is 0 Å². The lowest BCUT2D eigenvalue weighted by Gasteiger charge is -2.08. The fraction of sp³-hybridized carbons (Fsp3) is 0.143. The highest BCUT2D eigenvalue weighted by Crippen LogP contribution is 2.19. The van der Waals surface area contributed by atoms with Crippen molar-refractivity contribution in [2.24, 2.45) is 0 Å². The summed E-state index contributed by atoms with van der Waals surface area (Å²) in [6, 6.07) is 6.69. The van der Waals surface area contributed by atoms with E-state index in [9.17, 15) is 9.59 Å². The first-order valence-corrected chi connectivity index (χ1v) is 5.84. The van der Waals surface area contributed by atoms with Crippen molar-refractivity contribution in [1.29, 1.82) is 0 Å². The number of rotatable bonds is 2. The molecule has 0 saturated carbocycles. The van der Waals surface area contributed by atoms with Gasteiger partial charge in [0.05, 0.1) is 11.4 Å². The molecule has 0 aliphatic rings. The molecule has 0 aliphatic carbocycles. The lowest BCUT2D eigenvalue weighted by Crippen LogP contribution is -2.22. The van der Waals surface area contributed by atoms with Crippen LogP contribution in [0.3, 0.4) is 0 Å². The molecule has 2 rings (SSSR count). The van der Waals surface area contributed by atoms with Crippen LogP contribution in [0.4, 0.5) is 11.4 Å². The monoisotopic (exact) mass is 257 g/mol. The van der Waals surface area contributed by atoms with E-state index >= 15 is 0 Å². The zero-order valence-electron chi connectivity index (χ0n) is 10.8. The summed E-state index contributed by atoms with van der Waals surface area (Å²) in [6.45, 7) is 3.66. The van der Waals surface area contributed by atoms with Gasteiger partial charge in [-0.25, -0.2) is 0 Å². The van der Waals surface area contributed by atoms with Crippen LogP contribution in [-0.4, -0.2) is 10.9 Å². The standard InChI is InChI=1S/C14H15N3O2/c1-8-3-4-12(11(15)5-8)17-14(19)10-7-16-9(2)6-13(10)18/h3-7H,15H2,1-2H3,(H,16,18)(H,17,19). The number of carbonyl (C=O) groups excluding carboxylic acids is 1. The summed E-state index contributed by atoms with van der Waals surface area (Å²) in [5, 5.41) is 2.63. The third-order valence-electron chi connectivity index (χ3n) is 2.76. The number of nitrogen functional groups attached to an aromatic ring is 1. The molecule has 2 aromatic rings. The second-order valence-corrected chi connectivity index (χ2v) is 4.44. The average Bonchev–Trinajstić information content (AvgIpc) is 2.32. The number of nitrogens with one attached hydrogen (secondary N) is 2. The minimum absolute atomic E-state index is 0.0607. The third-order valence-corrected chi connectivity index (χ3v) is 2.76. The number of aryl methyl sites for hydroxylation is 2. The van der Waals surface area contributed by atoms with Crippen molar-refractivity contribution in [3.8, 4) is 0 Å². The van der Waals surface area contributed by atoms with Crippen molar-refractivity contribution in [2.45, 2.75) is 13.8 Å². The lowest BCUT2D eigenvalue weighted by molar-refractivity contribution is 0.102. The number of benzene rings is 1. The number of H-pyrrole nitrogens is 1. The zero-order chi connectivity index (χ0) is 14.0. The Morgan fingerprint density at radius 3 is 2.63 bits per heavy atom. The number of pyridine rings is 1. The molecule has 1 aromatic carbocycles. The van der Waals surface area contributed by atoms with Crippen LogP contribution in [0.1, 0.15) is 21.6 Å². The number of hydrogen-bond acceptors (Lipinski definition) is 3. The van der Waals surface area contributed by atoms with Gasteiger partial charge in [-0.3, -0.25) is 9.59 Å². The zero-order valence-corrected chi connectivity index (χ0v) is 10.8. The third kappa shape index (κ3) is 2.82. The quantitative estimate of drug-likeness (QED) is 0.717. The van der Waals surface area contributed by atoms with E-state index in [2.05, 4.69) is 10.3 Å². The molecule has 0 radical (unpaired) electrons. The molecular weight excluding hydrogens is 242 g/mol. The van der Waals surface area contributed by atoms with Crippen LogP contribution in [0, 0.1) is 13.8 Å². The molecule has 1 aromatic heterocycles. The Morgan fingerprint density at radius 2 is 2.00 bits per heavy atom. The topological polar surface area (TPSA) is 88.0 Å². The van der Waals surface area contributed by atoms with Crippen molar-refractivity contribution < 1.29 is 4.79 Å². The van der Waals surface area contributed by atoms with Gasteiger partial charge in [-0.15, -0.1) is 0 Å². The lowest BCUT2D eigenvalue weighted by atomic mass is 10.2. The van der Waals surface area contributed by atoms with Gasteiger partial charge in [0.1, 0.15) is 5.56 Å². The molecule has 4 N–H and O–H groups in total. The van der Waals surface area contributed by atoms with Crippen molar-refractivity contribution >= 4 is 17.3 Å². The maximum Gasteiger partial charge on any atom is 0.261 e. The van der Waals surface area contributed by atoms with Crippen LogP contribution in [0.15, 0.2) is 35.3 Å². The van der Waals surface area contributed by atoms with Crippen LogP contribution in [-0.2, 0) is 0 Å². The van der Waals surface area contributed by atoms with Gasteiger partial charge in [0.2, 0.25) is 0 Å². The number of aromatic nitrogens is 1. The number of carbonyl (C=O) groups is 1. The molecule has 0 saturated heterocycles. The highest BCUT2D eigenvalue weighted by atomic mass is 16.2. The summed E-state index contributed by atoms with van der Waals surface area (Å²) < 4.78 is 0. The SMILES string of the molecule is Cc1ccc(NC(=O)c2c[nH]c(C)cc2=O)c(N)c1. The molecule has 0 fully saturated rings.